The Morgan fingerprint density at radius 2 is 2.00 bits per heavy atom. The molecule has 6 nitrogen and oxygen atoms in total. The van der Waals surface area contributed by atoms with Gasteiger partial charge in [-0.15, -0.1) is 0 Å². The van der Waals surface area contributed by atoms with Crippen LogP contribution in [0.15, 0.2) is 59.2 Å². The molecule has 2 aliphatic heterocycles. The monoisotopic (exact) mass is 393 g/mol. The van der Waals surface area contributed by atoms with Crippen LogP contribution in [0.3, 0.4) is 0 Å². The molecular formula is C23H27N3O3. The first-order valence-electron chi connectivity index (χ1n) is 10.1. The van der Waals surface area contributed by atoms with Gasteiger partial charge < -0.3 is 15.1 Å². The van der Waals surface area contributed by atoms with Crippen LogP contribution in [-0.2, 0) is 15.0 Å². The fraction of sp³-hybridized carbons (Fsp3) is 0.391. The van der Waals surface area contributed by atoms with Crippen molar-refractivity contribution in [1.29, 1.82) is 0 Å². The summed E-state index contributed by atoms with van der Waals surface area (Å²) >= 11 is 0. The number of rotatable bonds is 4. The van der Waals surface area contributed by atoms with Crippen LogP contribution in [0.1, 0.15) is 32.3 Å². The zero-order valence-electron chi connectivity index (χ0n) is 16.9. The summed E-state index contributed by atoms with van der Waals surface area (Å²) in [7, 11) is 0. The van der Waals surface area contributed by atoms with Crippen molar-refractivity contribution in [3.63, 3.8) is 0 Å². The number of amides is 2. The fourth-order valence-electron chi connectivity index (χ4n) is 4.37. The molecule has 3 heterocycles. The van der Waals surface area contributed by atoms with E-state index in [1.807, 2.05) is 48.2 Å². The van der Waals surface area contributed by atoms with E-state index < -0.39 is 5.41 Å². The predicted octanol–water partition coefficient (Wildman–Crippen LogP) is 3.11. The predicted molar refractivity (Wildman–Crippen MR) is 110 cm³/mol. The number of benzene rings is 1. The zero-order chi connectivity index (χ0) is 20.6. The summed E-state index contributed by atoms with van der Waals surface area (Å²) in [5.74, 6) is 0.986. The topological polar surface area (TPSA) is 79.8 Å². The van der Waals surface area contributed by atoms with Crippen LogP contribution in [0.5, 0.6) is 0 Å². The highest BCUT2D eigenvalue weighted by Crippen LogP contribution is 2.37. The zero-order valence-corrected chi connectivity index (χ0v) is 16.9. The second kappa shape index (κ2) is 7.43. The molecule has 1 saturated heterocycles. The molecule has 2 aliphatic rings. The number of hydrogen-bond acceptors (Lipinski definition) is 4. The number of nitrogens with zero attached hydrogens (tertiary/aromatic N) is 2. The van der Waals surface area contributed by atoms with Crippen LogP contribution in [0.4, 0.5) is 0 Å². The van der Waals surface area contributed by atoms with Crippen LogP contribution in [0.2, 0.25) is 0 Å². The molecule has 0 spiro atoms. The normalized spacial score (nSPS) is 22.8. The Kier molecular flexibility index (Phi) is 4.94. The summed E-state index contributed by atoms with van der Waals surface area (Å²) < 4.78 is 5.19. The number of carbonyl (C=O) groups excluding carboxylic acids is 2. The lowest BCUT2D eigenvalue weighted by atomic mass is 9.81. The van der Waals surface area contributed by atoms with Crippen molar-refractivity contribution >= 4 is 11.8 Å². The quantitative estimate of drug-likeness (QED) is 0.866. The third-order valence-corrected chi connectivity index (χ3v) is 6.26. The first kappa shape index (κ1) is 19.3. The fourth-order valence-corrected chi connectivity index (χ4v) is 4.37. The molecule has 1 fully saturated rings. The Labute approximate surface area is 171 Å². The van der Waals surface area contributed by atoms with E-state index in [2.05, 4.69) is 0 Å². The Balaban J connectivity index is 1.51. The average molecular weight is 393 g/mol. The van der Waals surface area contributed by atoms with Gasteiger partial charge in [0.25, 0.3) is 0 Å². The minimum atomic E-state index is -0.788. The van der Waals surface area contributed by atoms with Crippen LogP contribution >= 0.6 is 0 Å². The Bertz CT molecular complexity index is 942. The Hall–Kier alpha value is -3.02. The van der Waals surface area contributed by atoms with E-state index in [0.717, 1.165) is 42.6 Å². The highest BCUT2D eigenvalue weighted by molar-refractivity contribution is 5.94. The number of piperidine rings is 1. The molecule has 2 amide bonds. The van der Waals surface area contributed by atoms with E-state index in [0.29, 0.717) is 18.3 Å². The summed E-state index contributed by atoms with van der Waals surface area (Å²) in [4.78, 5) is 28.5. The maximum absolute atomic E-state index is 13.4. The van der Waals surface area contributed by atoms with Gasteiger partial charge in [-0.1, -0.05) is 18.2 Å². The number of furan rings is 1. The molecular weight excluding hydrogens is 366 g/mol. The third-order valence-electron chi connectivity index (χ3n) is 6.26. The number of carbonyl (C=O) groups is 2. The minimum absolute atomic E-state index is 0.00772. The van der Waals surface area contributed by atoms with Crippen LogP contribution < -0.4 is 5.73 Å². The van der Waals surface area contributed by atoms with Gasteiger partial charge in [-0.05, 0) is 55.0 Å². The Morgan fingerprint density at radius 1 is 1.24 bits per heavy atom. The molecule has 1 unspecified atom stereocenters. The van der Waals surface area contributed by atoms with Crippen molar-refractivity contribution in [3.05, 3.63) is 60.3 Å². The highest BCUT2D eigenvalue weighted by Gasteiger charge is 2.44. The lowest BCUT2D eigenvalue weighted by molar-refractivity contribution is -0.133. The van der Waals surface area contributed by atoms with Gasteiger partial charge in [-0.3, -0.25) is 14.5 Å². The van der Waals surface area contributed by atoms with Gasteiger partial charge >= 0.3 is 0 Å². The van der Waals surface area contributed by atoms with E-state index in [-0.39, 0.29) is 11.8 Å². The molecule has 1 atom stereocenters. The van der Waals surface area contributed by atoms with E-state index in [9.17, 15) is 9.59 Å². The van der Waals surface area contributed by atoms with E-state index >= 15 is 0 Å². The second-order valence-corrected chi connectivity index (χ2v) is 8.23. The molecule has 0 radical (unpaired) electrons. The number of hydrogen-bond donors (Lipinski definition) is 1. The maximum atomic E-state index is 13.4. The standard InChI is InChI=1S/C23H27N3O3/c1-16(27)25-9-6-17(7-10-25)14-26-21(24)13-23(2,22(26)28)20-5-3-4-18(12-20)19-8-11-29-15-19/h3-5,8,11-13,15,17H,6-7,9-10,14,24H2,1-2H3. The van der Waals surface area contributed by atoms with Crippen LogP contribution in [0.25, 0.3) is 11.1 Å². The molecule has 0 aliphatic carbocycles. The van der Waals surface area contributed by atoms with E-state index in [1.54, 1.807) is 24.3 Å². The molecule has 2 aromatic rings. The molecule has 29 heavy (non-hydrogen) atoms. The van der Waals surface area contributed by atoms with Gasteiger partial charge in [0.1, 0.15) is 5.82 Å². The first-order valence-corrected chi connectivity index (χ1v) is 10.1. The lowest BCUT2D eigenvalue weighted by Gasteiger charge is -2.34. The van der Waals surface area contributed by atoms with Gasteiger partial charge in [-0.2, -0.15) is 0 Å². The molecule has 2 N–H and O–H groups in total. The highest BCUT2D eigenvalue weighted by atomic mass is 16.3. The van der Waals surface area contributed by atoms with E-state index in [4.69, 9.17) is 10.2 Å². The van der Waals surface area contributed by atoms with Crippen molar-refractivity contribution in [1.82, 2.24) is 9.80 Å². The maximum Gasteiger partial charge on any atom is 0.242 e. The largest absolute Gasteiger partial charge is 0.472 e. The van der Waals surface area contributed by atoms with Gasteiger partial charge in [0.15, 0.2) is 0 Å². The molecule has 0 bridgehead atoms. The molecule has 1 aromatic carbocycles. The third kappa shape index (κ3) is 3.55. The smallest absolute Gasteiger partial charge is 0.242 e. The summed E-state index contributed by atoms with van der Waals surface area (Å²) in [6.07, 6.45) is 6.99. The second-order valence-electron chi connectivity index (χ2n) is 8.23. The molecule has 6 heteroatoms. The van der Waals surface area contributed by atoms with Gasteiger partial charge in [-0.25, -0.2) is 0 Å². The van der Waals surface area contributed by atoms with Crippen molar-refractivity contribution in [2.75, 3.05) is 19.6 Å². The van der Waals surface area contributed by atoms with Crippen LogP contribution in [-0.4, -0.2) is 41.2 Å². The summed E-state index contributed by atoms with van der Waals surface area (Å²) in [5, 5.41) is 0. The van der Waals surface area contributed by atoms with Crippen molar-refractivity contribution in [2.24, 2.45) is 11.7 Å². The van der Waals surface area contributed by atoms with Crippen molar-refractivity contribution in [2.45, 2.75) is 32.1 Å². The van der Waals surface area contributed by atoms with Gasteiger partial charge in [0.05, 0.1) is 17.9 Å². The van der Waals surface area contributed by atoms with Gasteiger partial charge in [0, 0.05) is 32.1 Å². The lowest BCUT2D eigenvalue weighted by Crippen LogP contribution is -2.44. The first-order chi connectivity index (χ1) is 13.9. The summed E-state index contributed by atoms with van der Waals surface area (Å²) in [5.41, 5.74) is 8.41. The average Bonchev–Trinajstić information content (AvgIpc) is 3.33. The molecule has 4 rings (SSSR count). The summed E-state index contributed by atoms with van der Waals surface area (Å²) in [6.45, 7) is 5.62. The summed E-state index contributed by atoms with van der Waals surface area (Å²) in [6, 6.07) is 9.87. The van der Waals surface area contributed by atoms with Crippen molar-refractivity contribution in [3.8, 4) is 11.1 Å². The molecule has 152 valence electrons. The van der Waals surface area contributed by atoms with E-state index in [1.165, 1.54) is 0 Å². The molecule has 1 aromatic heterocycles. The number of likely N-dealkylation sites (tertiary alicyclic amines) is 1. The van der Waals surface area contributed by atoms with Crippen molar-refractivity contribution < 1.29 is 14.0 Å². The number of nitrogens with two attached hydrogens (primary N) is 1. The van der Waals surface area contributed by atoms with Crippen LogP contribution in [0, 0.1) is 5.92 Å². The van der Waals surface area contributed by atoms with Gasteiger partial charge in [0.2, 0.25) is 11.8 Å². The SMILES string of the molecule is CC(=O)N1CCC(CN2C(=O)C(C)(c3cccc(-c4ccoc4)c3)C=C2N)CC1. The minimum Gasteiger partial charge on any atom is -0.472 e. The molecule has 0 saturated carbocycles. The Morgan fingerprint density at radius 3 is 2.66 bits per heavy atom.